The van der Waals surface area contributed by atoms with Crippen molar-refractivity contribution in [3.8, 4) is 0 Å². The van der Waals surface area contributed by atoms with Crippen LogP contribution >= 0.6 is 0 Å². The van der Waals surface area contributed by atoms with Gasteiger partial charge < -0.3 is 14.6 Å². The molecule has 0 saturated carbocycles. The van der Waals surface area contributed by atoms with Crippen molar-refractivity contribution >= 4 is 16.9 Å². The molecule has 1 aliphatic rings. The third-order valence-corrected chi connectivity index (χ3v) is 3.27. The van der Waals surface area contributed by atoms with Crippen LogP contribution in [0, 0.1) is 6.92 Å². The normalized spacial score (nSPS) is 16.9. The molecule has 102 valence electrons. The smallest absolute Gasteiger partial charge is 0.263 e. The molecule has 3 heterocycles. The first-order valence-electron chi connectivity index (χ1n) is 6.45. The summed E-state index contributed by atoms with van der Waals surface area (Å²) in [4.78, 5) is 10.7. The van der Waals surface area contributed by atoms with Gasteiger partial charge in [0.1, 0.15) is 17.5 Å². The summed E-state index contributed by atoms with van der Waals surface area (Å²) in [5.41, 5.74) is 1.34. The number of hydrogen-bond acceptors (Lipinski definition) is 7. The van der Waals surface area contributed by atoms with Gasteiger partial charge in [0.15, 0.2) is 0 Å². The number of rotatable bonds is 4. The lowest BCUT2D eigenvalue weighted by molar-refractivity contribution is 0.0398. The summed E-state index contributed by atoms with van der Waals surface area (Å²) in [5.74, 6) is 0.789. The molecule has 0 bridgehead atoms. The minimum Gasteiger partial charge on any atom is -0.379 e. The first-order valence-corrected chi connectivity index (χ1v) is 6.45. The summed E-state index contributed by atoms with van der Waals surface area (Å²) < 4.78 is 10.4. The van der Waals surface area contributed by atoms with Gasteiger partial charge in [-0.25, -0.2) is 4.98 Å². The zero-order valence-electron chi connectivity index (χ0n) is 10.9. The molecule has 0 radical (unpaired) electrons. The van der Waals surface area contributed by atoms with Gasteiger partial charge in [-0.3, -0.25) is 4.90 Å². The molecule has 1 fully saturated rings. The summed E-state index contributed by atoms with van der Waals surface area (Å²) in [6.07, 6.45) is 1.49. The molecule has 1 aliphatic heterocycles. The second-order valence-corrected chi connectivity index (χ2v) is 4.55. The lowest BCUT2D eigenvalue weighted by Gasteiger charge is -2.26. The summed E-state index contributed by atoms with van der Waals surface area (Å²) in [6, 6.07) is 0. The van der Waals surface area contributed by atoms with E-state index in [-0.39, 0.29) is 0 Å². The van der Waals surface area contributed by atoms with E-state index in [1.807, 2.05) is 6.92 Å². The first-order chi connectivity index (χ1) is 9.34. The van der Waals surface area contributed by atoms with Gasteiger partial charge in [-0.1, -0.05) is 5.16 Å². The summed E-state index contributed by atoms with van der Waals surface area (Å²) >= 11 is 0. The van der Waals surface area contributed by atoms with Crippen molar-refractivity contribution in [2.24, 2.45) is 0 Å². The van der Waals surface area contributed by atoms with Crippen LogP contribution in [0.1, 0.15) is 5.69 Å². The monoisotopic (exact) mass is 263 g/mol. The molecule has 3 rings (SSSR count). The van der Waals surface area contributed by atoms with Gasteiger partial charge in [-0.2, -0.15) is 4.98 Å². The molecule has 0 aliphatic carbocycles. The van der Waals surface area contributed by atoms with Gasteiger partial charge >= 0.3 is 0 Å². The topological polar surface area (TPSA) is 76.3 Å². The highest BCUT2D eigenvalue weighted by Crippen LogP contribution is 2.21. The molecule has 0 atom stereocenters. The van der Waals surface area contributed by atoms with Crippen molar-refractivity contribution < 1.29 is 9.26 Å². The molecule has 7 heteroatoms. The summed E-state index contributed by atoms with van der Waals surface area (Å²) in [6.45, 7) is 7.32. The fourth-order valence-corrected chi connectivity index (χ4v) is 2.21. The molecular weight excluding hydrogens is 246 g/mol. The lowest BCUT2D eigenvalue weighted by Crippen LogP contribution is -2.39. The van der Waals surface area contributed by atoms with E-state index in [9.17, 15) is 0 Å². The maximum absolute atomic E-state index is 5.32. The van der Waals surface area contributed by atoms with Crippen molar-refractivity contribution in [1.82, 2.24) is 20.0 Å². The number of ether oxygens (including phenoxy) is 1. The average Bonchev–Trinajstić information content (AvgIpc) is 2.83. The highest BCUT2D eigenvalue weighted by atomic mass is 16.5. The van der Waals surface area contributed by atoms with Gasteiger partial charge in [0.05, 0.1) is 18.9 Å². The van der Waals surface area contributed by atoms with E-state index in [1.165, 1.54) is 6.33 Å². The van der Waals surface area contributed by atoms with Crippen LogP contribution in [0.4, 0.5) is 5.82 Å². The molecule has 1 saturated heterocycles. The molecular formula is C12H17N5O2. The Hall–Kier alpha value is -1.73. The fourth-order valence-electron chi connectivity index (χ4n) is 2.21. The van der Waals surface area contributed by atoms with E-state index >= 15 is 0 Å². The molecule has 2 aromatic heterocycles. The molecule has 1 N–H and O–H groups in total. The number of aryl methyl sites for hydroxylation is 1. The van der Waals surface area contributed by atoms with E-state index < -0.39 is 0 Å². The predicted molar refractivity (Wildman–Crippen MR) is 70.1 cm³/mol. The van der Waals surface area contributed by atoms with E-state index in [1.54, 1.807) is 0 Å². The van der Waals surface area contributed by atoms with E-state index in [0.29, 0.717) is 5.71 Å². The molecule has 0 spiro atoms. The van der Waals surface area contributed by atoms with Crippen molar-refractivity contribution in [2.45, 2.75) is 6.92 Å². The fraction of sp³-hybridized carbons (Fsp3) is 0.583. The Morgan fingerprint density at radius 2 is 2.16 bits per heavy atom. The van der Waals surface area contributed by atoms with Gasteiger partial charge in [0.25, 0.3) is 5.71 Å². The third kappa shape index (κ3) is 2.66. The van der Waals surface area contributed by atoms with Crippen LogP contribution in [0.5, 0.6) is 0 Å². The van der Waals surface area contributed by atoms with Gasteiger partial charge in [-0.15, -0.1) is 0 Å². The number of nitrogens with zero attached hydrogens (tertiary/aromatic N) is 4. The Morgan fingerprint density at radius 3 is 3.00 bits per heavy atom. The molecule has 7 nitrogen and oxygen atoms in total. The summed E-state index contributed by atoms with van der Waals surface area (Å²) in [5, 5.41) is 8.10. The molecule has 0 aromatic carbocycles. The standard InChI is InChI=1S/C12H17N5O2/c1-9-10-11(14-8-15-12(10)19-16-9)13-2-3-17-4-6-18-7-5-17/h8H,2-7H2,1H3,(H,13,14,15). The van der Waals surface area contributed by atoms with Crippen molar-refractivity contribution in [3.05, 3.63) is 12.0 Å². The van der Waals surface area contributed by atoms with E-state index in [4.69, 9.17) is 9.26 Å². The van der Waals surface area contributed by atoms with Crippen molar-refractivity contribution in [3.63, 3.8) is 0 Å². The Labute approximate surface area is 110 Å². The van der Waals surface area contributed by atoms with Crippen LogP contribution < -0.4 is 5.32 Å². The van der Waals surface area contributed by atoms with Gasteiger partial charge in [0.2, 0.25) is 0 Å². The van der Waals surface area contributed by atoms with Crippen molar-refractivity contribution in [2.75, 3.05) is 44.7 Å². The predicted octanol–water partition coefficient (Wildman–Crippen LogP) is 0.670. The quantitative estimate of drug-likeness (QED) is 0.868. The SMILES string of the molecule is Cc1noc2ncnc(NCCN3CCOCC3)c12. The zero-order valence-corrected chi connectivity index (χ0v) is 10.9. The second-order valence-electron chi connectivity index (χ2n) is 4.55. The van der Waals surface area contributed by atoms with Crippen LogP contribution in [0.3, 0.4) is 0 Å². The number of morpholine rings is 1. The molecule has 0 amide bonds. The van der Waals surface area contributed by atoms with E-state index in [0.717, 1.165) is 56.3 Å². The van der Waals surface area contributed by atoms with Crippen LogP contribution in [0.25, 0.3) is 11.1 Å². The number of nitrogens with one attached hydrogen (secondary N) is 1. The Morgan fingerprint density at radius 1 is 1.32 bits per heavy atom. The second kappa shape index (κ2) is 5.50. The highest BCUT2D eigenvalue weighted by molar-refractivity contribution is 5.87. The first kappa shape index (κ1) is 12.3. The average molecular weight is 263 g/mol. The van der Waals surface area contributed by atoms with Crippen LogP contribution in [-0.4, -0.2) is 59.4 Å². The largest absolute Gasteiger partial charge is 0.379 e. The molecule has 0 unspecified atom stereocenters. The minimum absolute atomic E-state index is 0.529. The van der Waals surface area contributed by atoms with Gasteiger partial charge in [0, 0.05) is 26.2 Å². The Bertz CT molecular complexity index is 550. The Balaban J connectivity index is 1.63. The van der Waals surface area contributed by atoms with Crippen molar-refractivity contribution in [1.29, 1.82) is 0 Å². The van der Waals surface area contributed by atoms with E-state index in [2.05, 4.69) is 25.3 Å². The maximum atomic E-state index is 5.32. The van der Waals surface area contributed by atoms with Crippen LogP contribution in [-0.2, 0) is 4.74 Å². The summed E-state index contributed by atoms with van der Waals surface area (Å²) in [7, 11) is 0. The highest BCUT2D eigenvalue weighted by Gasteiger charge is 2.13. The minimum atomic E-state index is 0.529. The molecule has 19 heavy (non-hydrogen) atoms. The zero-order chi connectivity index (χ0) is 13.1. The number of anilines is 1. The van der Waals surface area contributed by atoms with Crippen LogP contribution in [0.2, 0.25) is 0 Å². The molecule has 2 aromatic rings. The number of aromatic nitrogens is 3. The third-order valence-electron chi connectivity index (χ3n) is 3.27. The maximum Gasteiger partial charge on any atom is 0.263 e. The number of hydrogen-bond donors (Lipinski definition) is 1. The van der Waals surface area contributed by atoms with Crippen LogP contribution in [0.15, 0.2) is 10.9 Å². The number of fused-ring (bicyclic) bond motifs is 1. The van der Waals surface area contributed by atoms with Gasteiger partial charge in [-0.05, 0) is 6.92 Å². The lowest BCUT2D eigenvalue weighted by atomic mass is 10.3. The Kier molecular flexibility index (Phi) is 3.56.